The van der Waals surface area contributed by atoms with Crippen LogP contribution in [0.1, 0.15) is 6.42 Å². The highest BCUT2D eigenvalue weighted by molar-refractivity contribution is 6.00. The number of nitro groups is 1. The van der Waals surface area contributed by atoms with Crippen LogP contribution in [0.25, 0.3) is 11.0 Å². The predicted octanol–water partition coefficient (Wildman–Crippen LogP) is 2.44. The van der Waals surface area contributed by atoms with Crippen molar-refractivity contribution in [3.63, 3.8) is 0 Å². The summed E-state index contributed by atoms with van der Waals surface area (Å²) in [6, 6.07) is 6.92. The maximum absolute atomic E-state index is 11.6. The maximum Gasteiger partial charge on any atom is 0.323 e. The lowest BCUT2D eigenvalue weighted by atomic mass is 10.1. The van der Waals surface area contributed by atoms with Crippen molar-refractivity contribution in [2.75, 3.05) is 37.0 Å². The summed E-state index contributed by atoms with van der Waals surface area (Å²) in [7, 11) is 0. The van der Waals surface area contributed by atoms with Gasteiger partial charge in [0.2, 0.25) is 5.52 Å². The number of aliphatic hydroxyl groups is 1. The fraction of sp³-hybridized carbons (Fsp3) is 0.294. The van der Waals surface area contributed by atoms with Gasteiger partial charge in [0.25, 0.3) is 0 Å². The molecule has 3 aromatic rings. The minimum absolute atomic E-state index is 0.0269. The summed E-state index contributed by atoms with van der Waals surface area (Å²) in [5.41, 5.74) is 1.44. The summed E-state index contributed by atoms with van der Waals surface area (Å²) < 4.78 is 15.8. The third-order valence-corrected chi connectivity index (χ3v) is 4.17. The van der Waals surface area contributed by atoms with Gasteiger partial charge in [0, 0.05) is 24.9 Å². The van der Waals surface area contributed by atoms with Gasteiger partial charge in [-0.15, -0.1) is 0 Å². The Morgan fingerprint density at radius 3 is 2.68 bits per heavy atom. The average Bonchev–Trinajstić information content (AvgIpc) is 3.17. The Morgan fingerprint density at radius 2 is 1.89 bits per heavy atom. The topological polar surface area (TPSA) is 145 Å². The van der Waals surface area contributed by atoms with Gasteiger partial charge < -0.3 is 25.2 Å². The van der Waals surface area contributed by atoms with Gasteiger partial charge in [-0.3, -0.25) is 10.1 Å². The summed E-state index contributed by atoms with van der Waals surface area (Å²) in [5, 5.41) is 34.1. The first-order valence-electron chi connectivity index (χ1n) is 8.62. The molecule has 3 N–H and O–H groups in total. The second-order valence-electron chi connectivity index (χ2n) is 6.03. The number of nitrogens with one attached hydrogen (secondary N) is 2. The molecular weight excluding hydrogens is 370 g/mol. The molecule has 1 aliphatic heterocycles. The summed E-state index contributed by atoms with van der Waals surface area (Å²) >= 11 is 0. The highest BCUT2D eigenvalue weighted by atomic mass is 16.6. The smallest absolute Gasteiger partial charge is 0.323 e. The molecule has 2 aromatic carbocycles. The van der Waals surface area contributed by atoms with Gasteiger partial charge >= 0.3 is 5.69 Å². The number of hydrogen-bond donors (Lipinski definition) is 3. The monoisotopic (exact) mass is 387 g/mol. The van der Waals surface area contributed by atoms with Crippen LogP contribution in [0.15, 0.2) is 28.9 Å². The quantitative estimate of drug-likeness (QED) is 0.314. The van der Waals surface area contributed by atoms with Crippen molar-refractivity contribution in [1.82, 2.24) is 10.3 Å². The van der Waals surface area contributed by atoms with Crippen molar-refractivity contribution < 1.29 is 24.1 Å². The molecule has 28 heavy (non-hydrogen) atoms. The molecule has 11 heteroatoms. The number of anilines is 3. The molecule has 1 aliphatic rings. The zero-order valence-corrected chi connectivity index (χ0v) is 14.7. The van der Waals surface area contributed by atoms with E-state index in [9.17, 15) is 10.1 Å². The Balaban J connectivity index is 1.73. The largest absolute Gasteiger partial charge is 0.486 e. The Morgan fingerprint density at radius 1 is 1.11 bits per heavy atom. The lowest BCUT2D eigenvalue weighted by molar-refractivity contribution is -0.382. The second kappa shape index (κ2) is 7.56. The van der Waals surface area contributed by atoms with Crippen LogP contribution in [0.5, 0.6) is 11.5 Å². The first-order valence-corrected chi connectivity index (χ1v) is 8.62. The van der Waals surface area contributed by atoms with E-state index in [0.29, 0.717) is 49.1 Å². The van der Waals surface area contributed by atoms with Gasteiger partial charge in [0.1, 0.15) is 18.9 Å². The average molecular weight is 387 g/mol. The van der Waals surface area contributed by atoms with Gasteiger partial charge in [-0.25, -0.2) is 4.63 Å². The minimum Gasteiger partial charge on any atom is -0.486 e. The highest BCUT2D eigenvalue weighted by Gasteiger charge is 2.26. The molecule has 0 saturated carbocycles. The van der Waals surface area contributed by atoms with E-state index >= 15 is 0 Å². The molecule has 0 fully saturated rings. The van der Waals surface area contributed by atoms with Crippen LogP contribution in [-0.4, -0.2) is 46.7 Å². The fourth-order valence-corrected chi connectivity index (χ4v) is 2.92. The van der Waals surface area contributed by atoms with Crippen LogP contribution in [-0.2, 0) is 0 Å². The Kier molecular flexibility index (Phi) is 4.81. The van der Waals surface area contributed by atoms with Crippen LogP contribution in [0, 0.1) is 10.1 Å². The molecule has 0 unspecified atom stereocenters. The van der Waals surface area contributed by atoms with Crippen molar-refractivity contribution >= 4 is 33.8 Å². The van der Waals surface area contributed by atoms with Crippen molar-refractivity contribution in [3.05, 3.63) is 34.4 Å². The SMILES string of the molecule is O=[N+]([O-])c1c(NCCCO)cc(Nc2ccc3c(c2)OCCO3)c2nonc12. The molecule has 146 valence electrons. The first kappa shape index (κ1) is 17.8. The number of benzene rings is 2. The fourth-order valence-electron chi connectivity index (χ4n) is 2.92. The Labute approximate surface area is 158 Å². The number of nitrogens with zero attached hydrogens (tertiary/aromatic N) is 3. The van der Waals surface area contributed by atoms with Crippen LogP contribution in [0.3, 0.4) is 0 Å². The molecule has 0 atom stereocenters. The van der Waals surface area contributed by atoms with E-state index in [1.807, 2.05) is 0 Å². The van der Waals surface area contributed by atoms with Crippen molar-refractivity contribution in [2.45, 2.75) is 6.42 Å². The first-order chi connectivity index (χ1) is 13.7. The van der Waals surface area contributed by atoms with Crippen molar-refractivity contribution in [1.29, 1.82) is 0 Å². The number of aromatic nitrogens is 2. The van der Waals surface area contributed by atoms with Crippen LogP contribution < -0.4 is 20.1 Å². The summed E-state index contributed by atoms with van der Waals surface area (Å²) in [5.74, 6) is 1.26. The molecule has 4 rings (SSSR count). The van der Waals surface area contributed by atoms with Gasteiger partial charge in [-0.1, -0.05) is 0 Å². The van der Waals surface area contributed by atoms with Crippen LogP contribution in [0.4, 0.5) is 22.7 Å². The number of fused-ring (bicyclic) bond motifs is 2. The van der Waals surface area contributed by atoms with Crippen LogP contribution >= 0.6 is 0 Å². The molecule has 2 heterocycles. The molecule has 0 bridgehead atoms. The third-order valence-electron chi connectivity index (χ3n) is 4.17. The normalized spacial score (nSPS) is 12.8. The number of rotatable bonds is 7. The molecule has 0 radical (unpaired) electrons. The van der Waals surface area contributed by atoms with E-state index in [0.717, 1.165) is 0 Å². The van der Waals surface area contributed by atoms with Gasteiger partial charge in [0.15, 0.2) is 17.0 Å². The standard InChI is InChI=1S/C17H17N5O6/c23-5-1-4-18-12-9-11(15-16(21-28-20-15)17(12)22(24)25)19-10-2-3-13-14(8-10)27-7-6-26-13/h2-3,8-9,18-19,23H,1,4-7H2. The van der Waals surface area contributed by atoms with Gasteiger partial charge in [0.05, 0.1) is 10.6 Å². The van der Waals surface area contributed by atoms with E-state index in [4.69, 9.17) is 19.2 Å². The predicted molar refractivity (Wildman–Crippen MR) is 99.4 cm³/mol. The van der Waals surface area contributed by atoms with Crippen molar-refractivity contribution in [2.24, 2.45) is 0 Å². The number of aliphatic hydroxyl groups excluding tert-OH is 1. The molecule has 1 aromatic heterocycles. The molecular formula is C17H17N5O6. The number of nitro benzene ring substituents is 1. The third kappa shape index (κ3) is 3.34. The lowest BCUT2D eigenvalue weighted by Gasteiger charge is -2.19. The Hall–Kier alpha value is -3.60. The van der Waals surface area contributed by atoms with Crippen molar-refractivity contribution in [3.8, 4) is 11.5 Å². The molecule has 0 aliphatic carbocycles. The molecule has 0 amide bonds. The molecule has 11 nitrogen and oxygen atoms in total. The van der Waals surface area contributed by atoms with E-state index in [2.05, 4.69) is 20.9 Å². The molecule has 0 saturated heterocycles. The summed E-state index contributed by atoms with van der Waals surface area (Å²) in [6.45, 7) is 1.29. The van der Waals surface area contributed by atoms with E-state index in [-0.39, 0.29) is 29.0 Å². The van der Waals surface area contributed by atoms with E-state index in [1.165, 1.54) is 0 Å². The zero-order valence-electron chi connectivity index (χ0n) is 14.7. The van der Waals surface area contributed by atoms with E-state index < -0.39 is 4.92 Å². The molecule has 0 spiro atoms. The second-order valence-corrected chi connectivity index (χ2v) is 6.03. The van der Waals surface area contributed by atoms with Gasteiger partial charge in [-0.2, -0.15) is 0 Å². The Bertz CT molecular complexity index is 1020. The lowest BCUT2D eigenvalue weighted by Crippen LogP contribution is -2.15. The number of ether oxygens (including phenoxy) is 2. The maximum atomic E-state index is 11.6. The van der Waals surface area contributed by atoms with Gasteiger partial charge in [-0.05, 0) is 34.9 Å². The summed E-state index contributed by atoms with van der Waals surface area (Å²) in [6.07, 6.45) is 0.442. The number of hydrogen-bond acceptors (Lipinski definition) is 10. The highest BCUT2D eigenvalue weighted by Crippen LogP contribution is 2.39. The van der Waals surface area contributed by atoms with Crippen LogP contribution in [0.2, 0.25) is 0 Å². The summed E-state index contributed by atoms with van der Waals surface area (Å²) in [4.78, 5) is 11.0. The van der Waals surface area contributed by atoms with E-state index in [1.54, 1.807) is 24.3 Å². The zero-order chi connectivity index (χ0) is 19.5. The minimum atomic E-state index is -0.540.